The van der Waals surface area contributed by atoms with Gasteiger partial charge in [0, 0.05) is 34.6 Å². The molecule has 200 valence electrons. The zero-order chi connectivity index (χ0) is 26.9. The van der Waals surface area contributed by atoms with E-state index in [0.717, 1.165) is 31.2 Å². The van der Waals surface area contributed by atoms with Crippen LogP contribution in [0, 0.1) is 0 Å². The molecule has 1 aliphatic carbocycles. The van der Waals surface area contributed by atoms with Crippen LogP contribution in [0.1, 0.15) is 36.8 Å². The molecule has 1 aliphatic rings. The number of rotatable bonds is 11. The number of para-hydroxylation sites is 2. The molecule has 4 rings (SSSR count). The molecule has 0 aliphatic heterocycles. The van der Waals surface area contributed by atoms with Gasteiger partial charge in [0.15, 0.2) is 18.1 Å². The number of hydrogen-bond donors (Lipinski definition) is 1. The first-order valence-corrected chi connectivity index (χ1v) is 13.5. The highest BCUT2D eigenvalue weighted by Crippen LogP contribution is 2.29. The molecule has 0 saturated heterocycles. The van der Waals surface area contributed by atoms with Crippen molar-refractivity contribution in [2.24, 2.45) is 0 Å². The average molecular weight is 556 g/mol. The zero-order valence-electron chi connectivity index (χ0n) is 21.4. The molecule has 1 fully saturated rings. The van der Waals surface area contributed by atoms with Gasteiger partial charge in [0.05, 0.1) is 7.11 Å². The smallest absolute Gasteiger partial charge is 0.261 e. The van der Waals surface area contributed by atoms with Crippen LogP contribution in [0.15, 0.2) is 72.8 Å². The number of hydrogen-bond acceptors (Lipinski definition) is 4. The fourth-order valence-electron chi connectivity index (χ4n) is 4.74. The molecule has 0 unspecified atom stereocenters. The molecule has 3 aromatic rings. The Hall–Kier alpha value is -3.22. The molecule has 0 heterocycles. The lowest BCUT2D eigenvalue weighted by Gasteiger charge is -2.32. The predicted molar refractivity (Wildman–Crippen MR) is 150 cm³/mol. The number of methoxy groups -OCH3 is 1. The molecule has 8 heteroatoms. The van der Waals surface area contributed by atoms with Gasteiger partial charge in [0.2, 0.25) is 5.91 Å². The molecule has 1 saturated carbocycles. The second kappa shape index (κ2) is 13.5. The number of carbonyl (C=O) groups is 2. The lowest BCUT2D eigenvalue weighted by Crippen LogP contribution is -2.53. The zero-order valence-corrected chi connectivity index (χ0v) is 22.9. The lowest BCUT2D eigenvalue weighted by molar-refractivity contribution is -0.143. The van der Waals surface area contributed by atoms with E-state index in [1.807, 2.05) is 36.4 Å². The summed E-state index contributed by atoms with van der Waals surface area (Å²) in [6.45, 7) is -0.230. The largest absolute Gasteiger partial charge is 0.493 e. The summed E-state index contributed by atoms with van der Waals surface area (Å²) in [6.07, 6.45) is 4.37. The minimum atomic E-state index is -0.792. The molecular weight excluding hydrogens is 523 g/mol. The third kappa shape index (κ3) is 7.21. The van der Waals surface area contributed by atoms with E-state index in [-0.39, 0.29) is 31.0 Å². The minimum Gasteiger partial charge on any atom is -0.493 e. The first-order chi connectivity index (χ1) is 18.5. The molecule has 0 spiro atoms. The van der Waals surface area contributed by atoms with E-state index in [4.69, 9.17) is 32.7 Å². The monoisotopic (exact) mass is 554 g/mol. The van der Waals surface area contributed by atoms with E-state index in [1.165, 1.54) is 4.90 Å². The maximum Gasteiger partial charge on any atom is 0.261 e. The van der Waals surface area contributed by atoms with E-state index in [9.17, 15) is 9.59 Å². The first-order valence-electron chi connectivity index (χ1n) is 12.8. The van der Waals surface area contributed by atoms with Crippen molar-refractivity contribution in [3.8, 4) is 11.5 Å². The van der Waals surface area contributed by atoms with Gasteiger partial charge in [-0.25, -0.2) is 0 Å². The molecule has 0 radical (unpaired) electrons. The lowest BCUT2D eigenvalue weighted by atomic mass is 10.0. The van der Waals surface area contributed by atoms with Crippen LogP contribution in [0.3, 0.4) is 0 Å². The Morgan fingerprint density at radius 3 is 2.21 bits per heavy atom. The summed E-state index contributed by atoms with van der Waals surface area (Å²) < 4.78 is 11.2. The van der Waals surface area contributed by atoms with Gasteiger partial charge < -0.3 is 19.7 Å². The van der Waals surface area contributed by atoms with Gasteiger partial charge in [-0.05, 0) is 42.7 Å². The third-order valence-corrected chi connectivity index (χ3v) is 7.49. The van der Waals surface area contributed by atoms with Crippen molar-refractivity contribution in [1.29, 1.82) is 0 Å². The standard InChI is InChI=1S/C30H32Cl2N2O4/c1-37-27-16-7-8-17-28(27)38-20-29(35)34(19-23-24(31)14-9-15-25(23)32)26(18-21-10-3-2-4-11-21)30(36)33-22-12-5-6-13-22/h2-4,7-11,14-17,22,26H,5-6,12-13,18-20H2,1H3,(H,33,36)/t26-/m0/s1. The highest BCUT2D eigenvalue weighted by molar-refractivity contribution is 6.36. The fraction of sp³-hybridized carbons (Fsp3) is 0.333. The molecule has 38 heavy (non-hydrogen) atoms. The van der Waals surface area contributed by atoms with Crippen molar-refractivity contribution in [1.82, 2.24) is 10.2 Å². The Kier molecular flexibility index (Phi) is 9.91. The number of nitrogens with zero attached hydrogens (tertiary/aromatic N) is 1. The molecule has 1 atom stereocenters. The quantitative estimate of drug-likeness (QED) is 0.312. The maximum absolute atomic E-state index is 13.8. The summed E-state index contributed by atoms with van der Waals surface area (Å²) in [7, 11) is 1.54. The fourth-order valence-corrected chi connectivity index (χ4v) is 5.25. The predicted octanol–water partition coefficient (Wildman–Crippen LogP) is 6.08. The van der Waals surface area contributed by atoms with Crippen molar-refractivity contribution in [3.05, 3.63) is 94.0 Å². The van der Waals surface area contributed by atoms with E-state index in [2.05, 4.69) is 5.32 Å². The van der Waals surface area contributed by atoms with Crippen molar-refractivity contribution < 1.29 is 19.1 Å². The van der Waals surface area contributed by atoms with Gasteiger partial charge in [-0.2, -0.15) is 0 Å². The normalized spacial score (nSPS) is 14.1. The first kappa shape index (κ1) is 27.8. The van der Waals surface area contributed by atoms with E-state index in [0.29, 0.717) is 33.5 Å². The Bertz CT molecular complexity index is 1210. The molecular formula is C30H32Cl2N2O4. The van der Waals surface area contributed by atoms with Crippen LogP contribution in [0.25, 0.3) is 0 Å². The molecule has 0 bridgehead atoms. The van der Waals surface area contributed by atoms with Crippen LogP contribution in [0.2, 0.25) is 10.0 Å². The van der Waals surface area contributed by atoms with Crippen LogP contribution in [0.5, 0.6) is 11.5 Å². The van der Waals surface area contributed by atoms with Gasteiger partial charge in [-0.1, -0.05) is 84.6 Å². The Morgan fingerprint density at radius 2 is 1.55 bits per heavy atom. The van der Waals surface area contributed by atoms with E-state index >= 15 is 0 Å². The van der Waals surface area contributed by atoms with Crippen molar-refractivity contribution in [3.63, 3.8) is 0 Å². The number of carbonyl (C=O) groups excluding carboxylic acids is 2. The maximum atomic E-state index is 13.8. The Labute approximate surface area is 233 Å². The van der Waals surface area contributed by atoms with Crippen LogP contribution in [-0.4, -0.2) is 42.5 Å². The minimum absolute atomic E-state index is 0.0577. The van der Waals surface area contributed by atoms with E-state index < -0.39 is 6.04 Å². The summed E-state index contributed by atoms with van der Waals surface area (Å²) in [5.74, 6) is 0.388. The van der Waals surface area contributed by atoms with Gasteiger partial charge in [0.25, 0.3) is 5.91 Å². The number of halogens is 2. The number of benzene rings is 3. The third-order valence-electron chi connectivity index (χ3n) is 6.78. The van der Waals surface area contributed by atoms with Crippen LogP contribution < -0.4 is 14.8 Å². The Balaban J connectivity index is 1.66. The molecule has 0 aromatic heterocycles. The molecule has 3 aromatic carbocycles. The van der Waals surface area contributed by atoms with Crippen molar-refractivity contribution in [2.75, 3.05) is 13.7 Å². The highest BCUT2D eigenvalue weighted by atomic mass is 35.5. The van der Waals surface area contributed by atoms with Gasteiger partial charge >= 0.3 is 0 Å². The van der Waals surface area contributed by atoms with Gasteiger partial charge in [0.1, 0.15) is 6.04 Å². The summed E-state index contributed by atoms with van der Waals surface area (Å²) in [5, 5.41) is 4.03. The molecule has 6 nitrogen and oxygen atoms in total. The van der Waals surface area contributed by atoms with Crippen LogP contribution >= 0.6 is 23.2 Å². The number of nitrogens with one attached hydrogen (secondary N) is 1. The SMILES string of the molecule is COc1ccccc1OCC(=O)N(Cc1c(Cl)cccc1Cl)[C@@H](Cc1ccccc1)C(=O)NC1CCCC1. The summed E-state index contributed by atoms with van der Waals surface area (Å²) in [6, 6.07) is 21.3. The second-order valence-electron chi connectivity index (χ2n) is 9.36. The van der Waals surface area contributed by atoms with Crippen molar-refractivity contribution in [2.45, 2.75) is 50.7 Å². The second-order valence-corrected chi connectivity index (χ2v) is 10.2. The van der Waals surface area contributed by atoms with Crippen molar-refractivity contribution >= 4 is 35.0 Å². The molecule has 1 N–H and O–H groups in total. The molecule has 2 amide bonds. The van der Waals surface area contributed by atoms with Crippen LogP contribution in [-0.2, 0) is 22.6 Å². The summed E-state index contributed by atoms with van der Waals surface area (Å²) in [5.41, 5.74) is 1.51. The topological polar surface area (TPSA) is 67.9 Å². The van der Waals surface area contributed by atoms with Gasteiger partial charge in [-0.3, -0.25) is 9.59 Å². The highest BCUT2D eigenvalue weighted by Gasteiger charge is 2.33. The number of amides is 2. The van der Waals surface area contributed by atoms with Gasteiger partial charge in [-0.15, -0.1) is 0 Å². The number of ether oxygens (including phenoxy) is 2. The van der Waals surface area contributed by atoms with E-state index in [1.54, 1.807) is 43.5 Å². The summed E-state index contributed by atoms with van der Waals surface area (Å²) >= 11 is 13.0. The average Bonchev–Trinajstić information content (AvgIpc) is 3.44. The Morgan fingerprint density at radius 1 is 0.921 bits per heavy atom. The summed E-state index contributed by atoms with van der Waals surface area (Å²) in [4.78, 5) is 29.1. The van der Waals surface area contributed by atoms with Crippen LogP contribution in [0.4, 0.5) is 0 Å².